The highest BCUT2D eigenvalue weighted by atomic mass is 16.5. The van der Waals surface area contributed by atoms with Gasteiger partial charge in [-0.15, -0.1) is 0 Å². The Bertz CT molecular complexity index is 674. The Morgan fingerprint density at radius 3 is 2.38 bits per heavy atom. The number of benzene rings is 2. The van der Waals surface area contributed by atoms with Gasteiger partial charge < -0.3 is 14.6 Å². The number of ether oxygens (including phenoxy) is 2. The molecule has 0 saturated carbocycles. The third-order valence-electron chi connectivity index (χ3n) is 3.05. The van der Waals surface area contributed by atoms with E-state index < -0.39 is 5.97 Å². The first-order valence-corrected chi connectivity index (χ1v) is 6.38. The van der Waals surface area contributed by atoms with E-state index in [4.69, 9.17) is 14.6 Å². The second-order valence-electron chi connectivity index (χ2n) is 4.34. The quantitative estimate of drug-likeness (QED) is 0.853. The van der Waals surface area contributed by atoms with Gasteiger partial charge in [0.15, 0.2) is 11.5 Å². The summed E-state index contributed by atoms with van der Waals surface area (Å²) in [5, 5.41) is 9.14. The average molecular weight is 284 g/mol. The maximum Gasteiger partial charge on any atom is 0.336 e. The molecule has 4 heteroatoms. The minimum Gasteiger partial charge on any atom is -0.493 e. The highest BCUT2D eigenvalue weighted by molar-refractivity contribution is 5.93. The van der Waals surface area contributed by atoms with Gasteiger partial charge in [-0.05, 0) is 29.3 Å². The van der Waals surface area contributed by atoms with Crippen molar-refractivity contribution in [1.29, 1.82) is 0 Å². The fourth-order valence-corrected chi connectivity index (χ4v) is 1.98. The molecule has 0 atom stereocenters. The van der Waals surface area contributed by atoms with Crippen molar-refractivity contribution in [1.82, 2.24) is 0 Å². The highest BCUT2D eigenvalue weighted by Crippen LogP contribution is 2.28. The molecule has 0 unspecified atom stereocenters. The zero-order valence-corrected chi connectivity index (χ0v) is 11.9. The van der Waals surface area contributed by atoms with Crippen LogP contribution in [0.4, 0.5) is 0 Å². The molecule has 0 radical (unpaired) electrons. The molecule has 0 spiro atoms. The van der Waals surface area contributed by atoms with Crippen molar-refractivity contribution in [2.75, 3.05) is 14.2 Å². The molecule has 2 aromatic rings. The standard InChI is InChI=1S/C17H16O4/c1-20-15-10-8-12(11-16(15)21-2)7-9-13-5-3-4-6-14(13)17(18)19/h3-11H,1-2H3,(H,18,19). The van der Waals surface area contributed by atoms with Crippen molar-refractivity contribution in [3.63, 3.8) is 0 Å². The number of carboxylic acid groups (broad SMARTS) is 1. The van der Waals surface area contributed by atoms with E-state index in [1.165, 1.54) is 0 Å². The Kier molecular flexibility index (Phi) is 4.61. The van der Waals surface area contributed by atoms with E-state index in [1.54, 1.807) is 44.6 Å². The molecule has 0 aliphatic rings. The molecule has 0 heterocycles. The number of hydrogen-bond donors (Lipinski definition) is 1. The van der Waals surface area contributed by atoms with Crippen LogP contribution in [-0.2, 0) is 0 Å². The van der Waals surface area contributed by atoms with Crippen LogP contribution in [0.5, 0.6) is 11.5 Å². The van der Waals surface area contributed by atoms with E-state index in [-0.39, 0.29) is 5.56 Å². The summed E-state index contributed by atoms with van der Waals surface area (Å²) in [6, 6.07) is 12.4. The van der Waals surface area contributed by atoms with E-state index in [9.17, 15) is 4.79 Å². The summed E-state index contributed by atoms with van der Waals surface area (Å²) >= 11 is 0. The lowest BCUT2D eigenvalue weighted by molar-refractivity contribution is 0.0696. The summed E-state index contributed by atoms with van der Waals surface area (Å²) in [7, 11) is 3.15. The Hall–Kier alpha value is -2.75. The molecule has 21 heavy (non-hydrogen) atoms. The fraction of sp³-hybridized carbons (Fsp3) is 0.118. The predicted molar refractivity (Wildman–Crippen MR) is 81.9 cm³/mol. The molecule has 0 aliphatic carbocycles. The molecule has 108 valence electrons. The van der Waals surface area contributed by atoms with Gasteiger partial charge in [0.1, 0.15) is 0 Å². The van der Waals surface area contributed by atoms with Gasteiger partial charge in [-0.2, -0.15) is 0 Å². The first kappa shape index (κ1) is 14.7. The number of methoxy groups -OCH3 is 2. The molecule has 0 aliphatic heterocycles. The highest BCUT2D eigenvalue weighted by Gasteiger charge is 2.06. The van der Waals surface area contributed by atoms with Crippen LogP contribution in [0.1, 0.15) is 21.5 Å². The van der Waals surface area contributed by atoms with Gasteiger partial charge in [0.05, 0.1) is 19.8 Å². The third-order valence-corrected chi connectivity index (χ3v) is 3.05. The van der Waals surface area contributed by atoms with Gasteiger partial charge in [0.2, 0.25) is 0 Å². The number of carboxylic acids is 1. The smallest absolute Gasteiger partial charge is 0.336 e. The Morgan fingerprint density at radius 2 is 1.71 bits per heavy atom. The summed E-state index contributed by atoms with van der Waals surface area (Å²) in [6.45, 7) is 0. The van der Waals surface area contributed by atoms with Crippen LogP contribution in [0.3, 0.4) is 0 Å². The minimum atomic E-state index is -0.942. The summed E-state index contributed by atoms with van der Waals surface area (Å²) in [5.74, 6) is 0.342. The van der Waals surface area contributed by atoms with E-state index in [0.717, 1.165) is 5.56 Å². The van der Waals surface area contributed by atoms with E-state index in [0.29, 0.717) is 17.1 Å². The summed E-state index contributed by atoms with van der Waals surface area (Å²) in [4.78, 5) is 11.1. The van der Waals surface area contributed by atoms with Crippen LogP contribution in [0.15, 0.2) is 42.5 Å². The van der Waals surface area contributed by atoms with Crippen LogP contribution in [0.25, 0.3) is 12.2 Å². The summed E-state index contributed by atoms with van der Waals surface area (Å²) in [6.07, 6.45) is 3.61. The largest absolute Gasteiger partial charge is 0.493 e. The zero-order chi connectivity index (χ0) is 15.2. The second-order valence-corrected chi connectivity index (χ2v) is 4.34. The van der Waals surface area contributed by atoms with Gasteiger partial charge in [-0.3, -0.25) is 0 Å². The maximum atomic E-state index is 11.1. The molecule has 2 aromatic carbocycles. The van der Waals surface area contributed by atoms with Gasteiger partial charge >= 0.3 is 5.97 Å². The van der Waals surface area contributed by atoms with Gasteiger partial charge in [0, 0.05) is 0 Å². The lowest BCUT2D eigenvalue weighted by Crippen LogP contribution is -1.98. The molecule has 0 amide bonds. The molecular weight excluding hydrogens is 268 g/mol. The molecule has 2 rings (SSSR count). The van der Waals surface area contributed by atoms with E-state index in [1.807, 2.05) is 24.3 Å². The number of aromatic carboxylic acids is 1. The van der Waals surface area contributed by atoms with Crippen LogP contribution in [0, 0.1) is 0 Å². The summed E-state index contributed by atoms with van der Waals surface area (Å²) in [5.41, 5.74) is 1.82. The van der Waals surface area contributed by atoms with Crippen molar-refractivity contribution in [3.05, 3.63) is 59.2 Å². The summed E-state index contributed by atoms with van der Waals surface area (Å²) < 4.78 is 10.4. The topological polar surface area (TPSA) is 55.8 Å². The van der Waals surface area contributed by atoms with Gasteiger partial charge in [-0.25, -0.2) is 4.79 Å². The zero-order valence-electron chi connectivity index (χ0n) is 11.9. The molecule has 0 aromatic heterocycles. The van der Waals surface area contributed by atoms with Crippen molar-refractivity contribution in [2.45, 2.75) is 0 Å². The van der Waals surface area contributed by atoms with Crippen LogP contribution < -0.4 is 9.47 Å². The van der Waals surface area contributed by atoms with Crippen molar-refractivity contribution < 1.29 is 19.4 Å². The SMILES string of the molecule is COc1ccc(C=Cc2ccccc2C(=O)O)cc1OC. The van der Waals surface area contributed by atoms with E-state index >= 15 is 0 Å². The molecule has 0 bridgehead atoms. The molecule has 0 fully saturated rings. The van der Waals surface area contributed by atoms with Crippen molar-refractivity contribution >= 4 is 18.1 Å². The number of carbonyl (C=O) groups is 1. The van der Waals surface area contributed by atoms with Gasteiger partial charge in [0.25, 0.3) is 0 Å². The van der Waals surface area contributed by atoms with Gasteiger partial charge in [-0.1, -0.05) is 36.4 Å². The van der Waals surface area contributed by atoms with Crippen LogP contribution >= 0.6 is 0 Å². The maximum absolute atomic E-state index is 11.1. The fourth-order valence-electron chi connectivity index (χ4n) is 1.98. The monoisotopic (exact) mass is 284 g/mol. The predicted octanol–water partition coefficient (Wildman–Crippen LogP) is 3.57. The second kappa shape index (κ2) is 6.61. The van der Waals surface area contributed by atoms with Crippen LogP contribution in [0.2, 0.25) is 0 Å². The molecule has 4 nitrogen and oxygen atoms in total. The Labute approximate surface area is 123 Å². The van der Waals surface area contributed by atoms with Crippen LogP contribution in [-0.4, -0.2) is 25.3 Å². The normalized spacial score (nSPS) is 10.6. The number of rotatable bonds is 5. The lowest BCUT2D eigenvalue weighted by atomic mass is 10.1. The Morgan fingerprint density at radius 1 is 1.00 bits per heavy atom. The molecular formula is C17H16O4. The lowest BCUT2D eigenvalue weighted by Gasteiger charge is -2.07. The third kappa shape index (κ3) is 3.42. The minimum absolute atomic E-state index is 0.272. The van der Waals surface area contributed by atoms with Crippen molar-refractivity contribution in [2.24, 2.45) is 0 Å². The first-order chi connectivity index (χ1) is 10.2. The number of hydrogen-bond acceptors (Lipinski definition) is 3. The first-order valence-electron chi connectivity index (χ1n) is 6.38. The Balaban J connectivity index is 2.32. The average Bonchev–Trinajstić information content (AvgIpc) is 2.52. The van der Waals surface area contributed by atoms with Crippen molar-refractivity contribution in [3.8, 4) is 11.5 Å². The van der Waals surface area contributed by atoms with E-state index in [2.05, 4.69) is 0 Å². The molecule has 0 saturated heterocycles. The molecule has 1 N–H and O–H groups in total.